The third kappa shape index (κ3) is 3.52. The minimum Gasteiger partial charge on any atom is -0.495 e. The molecule has 0 aliphatic rings. The molecular weight excluding hydrogens is 378 g/mol. The zero-order chi connectivity index (χ0) is 19.7. The topological polar surface area (TPSA) is 129 Å². The number of hydrogen-bond donors (Lipinski definition) is 3. The number of nitrogens with zero attached hydrogens (tertiary/aromatic N) is 2. The van der Waals surface area contributed by atoms with E-state index in [2.05, 4.69) is 15.3 Å². The van der Waals surface area contributed by atoms with Crippen LogP contribution in [0.3, 0.4) is 0 Å². The van der Waals surface area contributed by atoms with E-state index in [9.17, 15) is 4.79 Å². The first-order chi connectivity index (χ1) is 13.5. The number of thioether (sulfide) groups is 1. The molecule has 0 bridgehead atoms. The van der Waals surface area contributed by atoms with Crippen LogP contribution in [0, 0.1) is 0 Å². The average Bonchev–Trinajstić information content (AvgIpc) is 3.02. The Kier molecular flexibility index (Phi) is 4.66. The lowest BCUT2D eigenvalue weighted by atomic mass is 10.1. The summed E-state index contributed by atoms with van der Waals surface area (Å²) in [6.07, 6.45) is 0. The summed E-state index contributed by atoms with van der Waals surface area (Å²) in [7, 11) is 1.55. The minimum atomic E-state index is -0.247. The Labute approximate surface area is 164 Å². The Morgan fingerprint density at radius 1 is 1.11 bits per heavy atom. The Morgan fingerprint density at radius 2 is 1.86 bits per heavy atom. The van der Waals surface area contributed by atoms with E-state index in [-0.39, 0.29) is 23.3 Å². The molecular formula is C19H17N5O3S. The molecule has 4 aromatic rings. The maximum Gasteiger partial charge on any atom is 0.234 e. The van der Waals surface area contributed by atoms with Crippen molar-refractivity contribution >= 4 is 56.9 Å². The minimum absolute atomic E-state index is 0.0875. The molecule has 0 atom stereocenters. The summed E-state index contributed by atoms with van der Waals surface area (Å²) in [5.74, 6) is 0.898. The number of hydrogen-bond acceptors (Lipinski definition) is 8. The highest BCUT2D eigenvalue weighted by Crippen LogP contribution is 2.36. The number of furan rings is 1. The van der Waals surface area contributed by atoms with E-state index < -0.39 is 0 Å². The molecule has 0 fully saturated rings. The molecule has 0 aliphatic carbocycles. The number of nitrogens with two attached hydrogens (primary N) is 2. The van der Waals surface area contributed by atoms with Gasteiger partial charge in [-0.2, -0.15) is 0 Å². The van der Waals surface area contributed by atoms with Gasteiger partial charge in [0.15, 0.2) is 5.16 Å². The first-order valence-corrected chi connectivity index (χ1v) is 9.34. The van der Waals surface area contributed by atoms with E-state index in [0.717, 1.165) is 28.1 Å². The van der Waals surface area contributed by atoms with Crippen LogP contribution in [0.1, 0.15) is 0 Å². The summed E-state index contributed by atoms with van der Waals surface area (Å²) in [4.78, 5) is 20.5. The number of carbonyl (C=O) groups is 1. The SMILES string of the molecule is COc1cc2c(cc1NC(=O)CSc1nc(N)cc(N)n1)oc1ccccc12. The molecule has 142 valence electrons. The Hall–Kier alpha value is -3.46. The number of carbonyl (C=O) groups excluding carboxylic acids is 1. The molecule has 0 unspecified atom stereocenters. The van der Waals surface area contributed by atoms with Crippen LogP contribution >= 0.6 is 11.8 Å². The van der Waals surface area contributed by atoms with Crippen LogP contribution in [-0.4, -0.2) is 28.7 Å². The molecule has 0 saturated carbocycles. The molecule has 2 heterocycles. The second-order valence-electron chi connectivity index (χ2n) is 5.98. The van der Waals surface area contributed by atoms with Crippen molar-refractivity contribution in [3.05, 3.63) is 42.5 Å². The number of aromatic nitrogens is 2. The van der Waals surface area contributed by atoms with Crippen molar-refractivity contribution < 1.29 is 13.9 Å². The summed E-state index contributed by atoms with van der Waals surface area (Å²) in [5, 5.41) is 5.08. The van der Waals surface area contributed by atoms with Crippen LogP contribution in [0.2, 0.25) is 0 Å². The van der Waals surface area contributed by atoms with Crippen LogP contribution in [0.5, 0.6) is 5.75 Å². The van der Waals surface area contributed by atoms with E-state index in [1.807, 2.05) is 30.3 Å². The van der Waals surface area contributed by atoms with Gasteiger partial charge in [-0.1, -0.05) is 30.0 Å². The molecule has 0 spiro atoms. The van der Waals surface area contributed by atoms with Gasteiger partial charge in [-0.05, 0) is 12.1 Å². The first-order valence-electron chi connectivity index (χ1n) is 8.35. The van der Waals surface area contributed by atoms with Crippen molar-refractivity contribution in [2.75, 3.05) is 29.6 Å². The van der Waals surface area contributed by atoms with Gasteiger partial charge in [-0.25, -0.2) is 9.97 Å². The molecule has 8 nitrogen and oxygen atoms in total. The zero-order valence-corrected chi connectivity index (χ0v) is 15.7. The van der Waals surface area contributed by atoms with Crippen LogP contribution in [-0.2, 0) is 4.79 Å². The van der Waals surface area contributed by atoms with E-state index in [1.54, 1.807) is 13.2 Å². The van der Waals surface area contributed by atoms with Crippen LogP contribution in [0.4, 0.5) is 17.3 Å². The smallest absolute Gasteiger partial charge is 0.234 e. The lowest BCUT2D eigenvalue weighted by Gasteiger charge is -2.10. The number of nitrogen functional groups attached to an aromatic ring is 2. The molecule has 0 saturated heterocycles. The van der Waals surface area contributed by atoms with Crippen LogP contribution in [0.15, 0.2) is 52.0 Å². The predicted octanol–water partition coefficient (Wildman–Crippen LogP) is 3.28. The van der Waals surface area contributed by atoms with E-state index >= 15 is 0 Å². The number of benzene rings is 2. The molecule has 2 aromatic carbocycles. The lowest BCUT2D eigenvalue weighted by molar-refractivity contribution is -0.113. The van der Waals surface area contributed by atoms with Gasteiger partial charge in [0.2, 0.25) is 5.91 Å². The number of para-hydroxylation sites is 1. The number of rotatable bonds is 5. The maximum absolute atomic E-state index is 12.4. The first kappa shape index (κ1) is 17.9. The number of amides is 1. The van der Waals surface area contributed by atoms with Crippen molar-refractivity contribution in [3.63, 3.8) is 0 Å². The van der Waals surface area contributed by atoms with E-state index in [1.165, 1.54) is 6.07 Å². The van der Waals surface area contributed by atoms with Gasteiger partial charge in [-0.3, -0.25) is 4.79 Å². The average molecular weight is 395 g/mol. The highest BCUT2D eigenvalue weighted by atomic mass is 32.2. The van der Waals surface area contributed by atoms with Crippen molar-refractivity contribution in [2.24, 2.45) is 0 Å². The lowest BCUT2D eigenvalue weighted by Crippen LogP contribution is -2.15. The maximum atomic E-state index is 12.4. The molecule has 1 amide bonds. The standard InChI is InChI=1S/C19H17N5O3S/c1-26-15-6-11-10-4-2-3-5-13(10)27-14(11)7-12(15)22-18(25)9-28-19-23-16(20)8-17(21)24-19/h2-8H,9H2,1H3,(H,22,25)(H4,20,21,23,24). The zero-order valence-electron chi connectivity index (χ0n) is 14.9. The van der Waals surface area contributed by atoms with Crippen molar-refractivity contribution in [3.8, 4) is 5.75 Å². The van der Waals surface area contributed by atoms with Gasteiger partial charge in [0.25, 0.3) is 0 Å². The third-order valence-corrected chi connectivity index (χ3v) is 4.90. The van der Waals surface area contributed by atoms with E-state index in [0.29, 0.717) is 22.2 Å². The predicted molar refractivity (Wildman–Crippen MR) is 110 cm³/mol. The summed E-state index contributed by atoms with van der Waals surface area (Å²) in [6, 6.07) is 12.8. The van der Waals surface area contributed by atoms with Gasteiger partial charge < -0.3 is 25.9 Å². The number of methoxy groups -OCH3 is 1. The molecule has 0 radical (unpaired) electrons. The number of anilines is 3. The Balaban J connectivity index is 1.56. The van der Waals surface area contributed by atoms with Gasteiger partial charge in [0.05, 0.1) is 18.6 Å². The quantitative estimate of drug-likeness (QED) is 0.347. The number of ether oxygens (including phenoxy) is 1. The molecule has 28 heavy (non-hydrogen) atoms. The third-order valence-electron chi connectivity index (χ3n) is 4.05. The van der Waals surface area contributed by atoms with E-state index in [4.69, 9.17) is 20.6 Å². The summed E-state index contributed by atoms with van der Waals surface area (Å²) >= 11 is 1.14. The fourth-order valence-electron chi connectivity index (χ4n) is 2.86. The highest BCUT2D eigenvalue weighted by molar-refractivity contribution is 7.99. The largest absolute Gasteiger partial charge is 0.495 e. The second-order valence-corrected chi connectivity index (χ2v) is 6.93. The molecule has 4 rings (SSSR count). The summed E-state index contributed by atoms with van der Waals surface area (Å²) in [5.41, 5.74) is 13.2. The number of nitrogens with one attached hydrogen (secondary N) is 1. The normalized spacial score (nSPS) is 11.0. The fourth-order valence-corrected chi connectivity index (χ4v) is 3.53. The van der Waals surface area contributed by atoms with Gasteiger partial charge >= 0.3 is 0 Å². The van der Waals surface area contributed by atoms with Gasteiger partial charge in [0, 0.05) is 22.9 Å². The Bertz CT molecular complexity index is 1170. The van der Waals surface area contributed by atoms with Crippen molar-refractivity contribution in [1.29, 1.82) is 0 Å². The summed E-state index contributed by atoms with van der Waals surface area (Å²) < 4.78 is 11.3. The molecule has 0 aliphatic heterocycles. The number of fused-ring (bicyclic) bond motifs is 3. The van der Waals surface area contributed by atoms with Gasteiger partial charge in [0.1, 0.15) is 28.6 Å². The van der Waals surface area contributed by atoms with Crippen molar-refractivity contribution in [1.82, 2.24) is 9.97 Å². The molecule has 9 heteroatoms. The fraction of sp³-hybridized carbons (Fsp3) is 0.105. The monoisotopic (exact) mass is 395 g/mol. The molecule has 2 aromatic heterocycles. The Morgan fingerprint density at radius 3 is 2.61 bits per heavy atom. The van der Waals surface area contributed by atoms with Gasteiger partial charge in [-0.15, -0.1) is 0 Å². The summed E-state index contributed by atoms with van der Waals surface area (Å²) in [6.45, 7) is 0. The van der Waals surface area contributed by atoms with Crippen molar-refractivity contribution in [2.45, 2.75) is 5.16 Å². The second kappa shape index (κ2) is 7.28. The van der Waals surface area contributed by atoms with Crippen LogP contribution < -0.4 is 21.5 Å². The van der Waals surface area contributed by atoms with Crippen LogP contribution in [0.25, 0.3) is 21.9 Å². The highest BCUT2D eigenvalue weighted by Gasteiger charge is 2.14. The molecule has 5 N–H and O–H groups in total.